The van der Waals surface area contributed by atoms with Crippen LogP contribution in [0.3, 0.4) is 0 Å². The molecule has 1 aromatic carbocycles. The van der Waals surface area contributed by atoms with E-state index >= 15 is 0 Å². The minimum atomic E-state index is 0. The van der Waals surface area contributed by atoms with Gasteiger partial charge in [-0.1, -0.05) is 19.0 Å². The van der Waals surface area contributed by atoms with Gasteiger partial charge < -0.3 is 24.6 Å². The van der Waals surface area contributed by atoms with Crippen LogP contribution in [0.15, 0.2) is 33.8 Å². The summed E-state index contributed by atoms with van der Waals surface area (Å²) < 4.78 is 16.3. The van der Waals surface area contributed by atoms with Crippen molar-refractivity contribution < 1.29 is 14.0 Å². The molecule has 33 heavy (non-hydrogen) atoms. The van der Waals surface area contributed by atoms with Crippen LogP contribution in [0.25, 0.3) is 0 Å². The highest BCUT2D eigenvalue weighted by Gasteiger charge is 2.23. The van der Waals surface area contributed by atoms with Gasteiger partial charge >= 0.3 is 0 Å². The van der Waals surface area contributed by atoms with Gasteiger partial charge in [0.05, 0.1) is 26.5 Å². The number of aromatic nitrogens is 1. The minimum absolute atomic E-state index is 0. The fourth-order valence-corrected chi connectivity index (χ4v) is 4.18. The Balaban J connectivity index is 0.00000385. The minimum Gasteiger partial charge on any atom is -0.497 e. The summed E-state index contributed by atoms with van der Waals surface area (Å²) in [6, 6.07) is 8.42. The van der Waals surface area contributed by atoms with Crippen molar-refractivity contribution in [3.63, 3.8) is 0 Å². The number of likely N-dealkylation sites (tertiary alicyclic amines) is 1. The highest BCUT2D eigenvalue weighted by atomic mass is 127. The van der Waals surface area contributed by atoms with Crippen LogP contribution in [-0.2, 0) is 13.1 Å². The molecule has 1 unspecified atom stereocenters. The van der Waals surface area contributed by atoms with Crippen LogP contribution in [0, 0.1) is 0 Å². The second kappa shape index (κ2) is 13.6. The SMILES string of the molecule is CCC(CC)c1cc(CNC(=NC)NC2CCN(Cc3cc(OC)cc(OC)c3)C2)on1.I. The molecular formula is C24H38IN5O3. The number of ether oxygens (including phenoxy) is 2. The Morgan fingerprint density at radius 1 is 1.18 bits per heavy atom. The Morgan fingerprint density at radius 3 is 2.48 bits per heavy atom. The Kier molecular flexibility index (Phi) is 11.3. The third-order valence-electron chi connectivity index (χ3n) is 6.07. The molecule has 0 spiro atoms. The molecule has 1 saturated heterocycles. The van der Waals surface area contributed by atoms with Crippen molar-refractivity contribution in [3.8, 4) is 11.5 Å². The number of nitrogens with zero attached hydrogens (tertiary/aromatic N) is 3. The van der Waals surface area contributed by atoms with Crippen molar-refractivity contribution in [1.29, 1.82) is 0 Å². The van der Waals surface area contributed by atoms with E-state index in [0.29, 0.717) is 18.5 Å². The van der Waals surface area contributed by atoms with E-state index in [2.05, 4.69) is 57.7 Å². The summed E-state index contributed by atoms with van der Waals surface area (Å²) >= 11 is 0. The molecule has 3 rings (SSSR count). The molecule has 0 radical (unpaired) electrons. The van der Waals surface area contributed by atoms with E-state index in [4.69, 9.17) is 14.0 Å². The number of rotatable bonds is 10. The molecule has 1 aromatic heterocycles. The summed E-state index contributed by atoms with van der Waals surface area (Å²) in [7, 11) is 5.15. The van der Waals surface area contributed by atoms with E-state index in [9.17, 15) is 0 Å². The van der Waals surface area contributed by atoms with Crippen LogP contribution < -0.4 is 20.1 Å². The Labute approximate surface area is 214 Å². The average Bonchev–Trinajstić information content (AvgIpc) is 3.46. The van der Waals surface area contributed by atoms with Gasteiger partial charge in [-0.25, -0.2) is 0 Å². The largest absolute Gasteiger partial charge is 0.497 e. The standard InChI is InChI=1S/C24H37N5O3.HI/c1-6-18(7-2)23-13-22(32-28-23)14-26-24(25-3)27-19-8-9-29(16-19)15-17-10-20(30-4)12-21(11-17)31-5;/h10-13,18-19H,6-9,14-16H2,1-5H3,(H2,25,26,27);1H. The lowest BCUT2D eigenvalue weighted by Crippen LogP contribution is -2.44. The molecule has 0 amide bonds. The lowest BCUT2D eigenvalue weighted by atomic mass is 9.99. The van der Waals surface area contributed by atoms with Crippen LogP contribution in [0.5, 0.6) is 11.5 Å². The van der Waals surface area contributed by atoms with Gasteiger partial charge in [0.15, 0.2) is 11.7 Å². The molecule has 0 aliphatic carbocycles. The number of halogens is 1. The van der Waals surface area contributed by atoms with Gasteiger partial charge in [0, 0.05) is 50.8 Å². The van der Waals surface area contributed by atoms with Gasteiger partial charge in [-0.3, -0.25) is 9.89 Å². The fourth-order valence-electron chi connectivity index (χ4n) is 4.18. The number of benzene rings is 1. The van der Waals surface area contributed by atoms with E-state index in [-0.39, 0.29) is 24.0 Å². The van der Waals surface area contributed by atoms with E-state index in [0.717, 1.165) is 67.8 Å². The summed E-state index contributed by atoms with van der Waals surface area (Å²) in [5, 5.41) is 11.1. The first kappa shape index (κ1) is 27.2. The maximum absolute atomic E-state index is 5.51. The molecule has 1 fully saturated rings. The molecule has 9 heteroatoms. The Morgan fingerprint density at radius 2 is 1.88 bits per heavy atom. The van der Waals surface area contributed by atoms with Crippen LogP contribution in [0.1, 0.15) is 56.0 Å². The van der Waals surface area contributed by atoms with E-state index < -0.39 is 0 Å². The Hall–Kier alpha value is -2.01. The van der Waals surface area contributed by atoms with Gasteiger partial charge in [-0.05, 0) is 37.0 Å². The quantitative estimate of drug-likeness (QED) is 0.252. The number of hydrogen-bond acceptors (Lipinski definition) is 6. The third-order valence-corrected chi connectivity index (χ3v) is 6.07. The zero-order valence-corrected chi connectivity index (χ0v) is 22.7. The van der Waals surface area contributed by atoms with E-state index in [1.54, 1.807) is 21.3 Å². The molecule has 2 heterocycles. The summed E-state index contributed by atoms with van der Waals surface area (Å²) in [5.74, 6) is 3.70. The first-order chi connectivity index (χ1) is 15.6. The number of aliphatic imine (C=N–C) groups is 1. The molecule has 2 aromatic rings. The topological polar surface area (TPSA) is 84.2 Å². The van der Waals surface area contributed by atoms with Crippen LogP contribution in [-0.4, -0.2) is 56.4 Å². The molecular weight excluding hydrogens is 533 g/mol. The maximum atomic E-state index is 5.51. The number of nitrogens with one attached hydrogen (secondary N) is 2. The summed E-state index contributed by atoms with van der Waals surface area (Å²) in [6.45, 7) is 7.75. The van der Waals surface area contributed by atoms with Crippen LogP contribution in [0.2, 0.25) is 0 Å². The van der Waals surface area contributed by atoms with Crippen molar-refractivity contribution in [2.45, 2.75) is 58.2 Å². The zero-order valence-electron chi connectivity index (χ0n) is 20.4. The number of methoxy groups -OCH3 is 2. The van der Waals surface area contributed by atoms with E-state index in [1.165, 1.54) is 5.56 Å². The first-order valence-corrected chi connectivity index (χ1v) is 11.4. The van der Waals surface area contributed by atoms with Crippen molar-refractivity contribution in [1.82, 2.24) is 20.7 Å². The van der Waals surface area contributed by atoms with E-state index in [1.807, 2.05) is 6.07 Å². The average molecular weight is 572 g/mol. The van der Waals surface area contributed by atoms with Crippen molar-refractivity contribution in [2.24, 2.45) is 4.99 Å². The predicted molar refractivity (Wildman–Crippen MR) is 142 cm³/mol. The molecule has 184 valence electrons. The molecule has 2 N–H and O–H groups in total. The summed E-state index contributed by atoms with van der Waals surface area (Å²) in [6.07, 6.45) is 3.20. The smallest absolute Gasteiger partial charge is 0.191 e. The molecule has 8 nitrogen and oxygen atoms in total. The lowest BCUT2D eigenvalue weighted by molar-refractivity contribution is 0.321. The van der Waals surface area contributed by atoms with Gasteiger partial charge in [0.25, 0.3) is 0 Å². The predicted octanol–water partition coefficient (Wildman–Crippen LogP) is 4.15. The monoisotopic (exact) mass is 571 g/mol. The van der Waals surface area contributed by atoms with Gasteiger partial charge in [-0.2, -0.15) is 0 Å². The fraction of sp³-hybridized carbons (Fsp3) is 0.583. The molecule has 0 saturated carbocycles. The molecule has 1 atom stereocenters. The lowest BCUT2D eigenvalue weighted by Gasteiger charge is -2.19. The molecule has 0 bridgehead atoms. The number of guanidine groups is 1. The Bertz CT molecular complexity index is 862. The molecule has 1 aliphatic rings. The molecule has 1 aliphatic heterocycles. The number of hydrogen-bond donors (Lipinski definition) is 2. The summed E-state index contributed by atoms with van der Waals surface area (Å²) in [4.78, 5) is 6.80. The van der Waals surface area contributed by atoms with Crippen molar-refractivity contribution in [2.75, 3.05) is 34.4 Å². The second-order valence-electron chi connectivity index (χ2n) is 8.24. The normalized spacial score (nSPS) is 16.5. The highest BCUT2D eigenvalue weighted by Crippen LogP contribution is 2.25. The van der Waals surface area contributed by atoms with Crippen LogP contribution in [0.4, 0.5) is 0 Å². The maximum Gasteiger partial charge on any atom is 0.191 e. The van der Waals surface area contributed by atoms with Gasteiger partial charge in [-0.15, -0.1) is 24.0 Å². The van der Waals surface area contributed by atoms with Gasteiger partial charge in [0.1, 0.15) is 11.5 Å². The van der Waals surface area contributed by atoms with Gasteiger partial charge in [0.2, 0.25) is 0 Å². The third kappa shape index (κ3) is 7.77. The first-order valence-electron chi connectivity index (χ1n) is 11.4. The second-order valence-corrected chi connectivity index (χ2v) is 8.24. The van der Waals surface area contributed by atoms with Crippen molar-refractivity contribution >= 4 is 29.9 Å². The highest BCUT2D eigenvalue weighted by molar-refractivity contribution is 14.0. The summed E-state index contributed by atoms with van der Waals surface area (Å²) in [5.41, 5.74) is 2.22. The van der Waals surface area contributed by atoms with Crippen LogP contribution >= 0.6 is 24.0 Å². The zero-order chi connectivity index (χ0) is 22.9. The van der Waals surface area contributed by atoms with Crippen molar-refractivity contribution in [3.05, 3.63) is 41.3 Å².